The Hall–Kier alpha value is -2.95. The Morgan fingerprint density at radius 2 is 1.85 bits per heavy atom. The minimum atomic E-state index is -0.0347. The van der Waals surface area contributed by atoms with Crippen LogP contribution in [0.4, 0.5) is 10.5 Å². The molecular formula is C21H23N3O2. The number of likely N-dealkylation sites (tertiary alicyclic amines) is 1. The van der Waals surface area contributed by atoms with E-state index in [9.17, 15) is 4.79 Å². The van der Waals surface area contributed by atoms with Gasteiger partial charge in [0, 0.05) is 35.9 Å². The first-order chi connectivity index (χ1) is 12.7. The number of nitrogens with one attached hydrogen (secondary N) is 2. The fourth-order valence-electron chi connectivity index (χ4n) is 3.70. The van der Waals surface area contributed by atoms with E-state index in [0.717, 1.165) is 37.4 Å². The highest BCUT2D eigenvalue weighted by atomic mass is 16.5. The first kappa shape index (κ1) is 16.5. The molecule has 0 atom stereocenters. The lowest BCUT2D eigenvalue weighted by Crippen LogP contribution is -2.40. The fraction of sp³-hybridized carbons (Fsp3) is 0.286. The number of anilines is 1. The number of amides is 2. The van der Waals surface area contributed by atoms with E-state index in [1.807, 2.05) is 29.2 Å². The lowest BCUT2D eigenvalue weighted by atomic mass is 9.89. The van der Waals surface area contributed by atoms with Gasteiger partial charge in [-0.3, -0.25) is 0 Å². The number of carbonyl (C=O) groups excluding carboxylic acids is 1. The molecule has 2 amide bonds. The molecule has 0 aliphatic carbocycles. The van der Waals surface area contributed by atoms with Crippen molar-refractivity contribution in [3.8, 4) is 5.75 Å². The highest BCUT2D eigenvalue weighted by Gasteiger charge is 2.25. The predicted molar refractivity (Wildman–Crippen MR) is 104 cm³/mol. The summed E-state index contributed by atoms with van der Waals surface area (Å²) in [5.74, 6) is 1.28. The van der Waals surface area contributed by atoms with Gasteiger partial charge < -0.3 is 19.9 Å². The molecule has 1 fully saturated rings. The summed E-state index contributed by atoms with van der Waals surface area (Å²) in [4.78, 5) is 17.8. The van der Waals surface area contributed by atoms with Gasteiger partial charge in [0.05, 0.1) is 7.11 Å². The van der Waals surface area contributed by atoms with Crippen molar-refractivity contribution < 1.29 is 9.53 Å². The molecule has 1 aromatic heterocycles. The smallest absolute Gasteiger partial charge is 0.321 e. The number of ether oxygens (including phenoxy) is 1. The molecular weight excluding hydrogens is 326 g/mol. The third kappa shape index (κ3) is 3.25. The summed E-state index contributed by atoms with van der Waals surface area (Å²) in [5.41, 5.74) is 3.34. The lowest BCUT2D eigenvalue weighted by molar-refractivity contribution is 0.195. The number of nitrogens with zero attached hydrogens (tertiary/aromatic N) is 1. The summed E-state index contributed by atoms with van der Waals surface area (Å²) < 4.78 is 5.14. The van der Waals surface area contributed by atoms with E-state index < -0.39 is 0 Å². The lowest BCUT2D eigenvalue weighted by Gasteiger charge is -2.32. The number of aromatic amines is 1. The van der Waals surface area contributed by atoms with E-state index in [0.29, 0.717) is 5.92 Å². The number of H-pyrrole nitrogens is 1. The highest BCUT2D eigenvalue weighted by Crippen LogP contribution is 2.33. The maximum absolute atomic E-state index is 12.5. The molecule has 0 radical (unpaired) electrons. The molecule has 3 aromatic rings. The van der Waals surface area contributed by atoms with Crippen LogP contribution < -0.4 is 10.1 Å². The van der Waals surface area contributed by atoms with Gasteiger partial charge in [-0.2, -0.15) is 0 Å². The summed E-state index contributed by atoms with van der Waals surface area (Å²) in [5, 5.41) is 4.27. The monoisotopic (exact) mass is 349 g/mol. The molecule has 0 saturated carbocycles. The van der Waals surface area contributed by atoms with Crippen molar-refractivity contribution >= 4 is 22.6 Å². The standard InChI is InChI=1S/C21H23N3O2/c1-26-17-8-6-16(7-9-17)23-21(25)24-12-10-15(11-13-24)19-14-22-20-5-3-2-4-18(19)20/h2-9,14-15,22H,10-13H2,1H3,(H,23,25). The van der Waals surface area contributed by atoms with Gasteiger partial charge >= 0.3 is 6.03 Å². The van der Waals surface area contributed by atoms with E-state index in [1.165, 1.54) is 16.5 Å². The second-order valence-corrected chi connectivity index (χ2v) is 6.71. The molecule has 0 bridgehead atoms. The third-order valence-corrected chi connectivity index (χ3v) is 5.18. The van der Waals surface area contributed by atoms with E-state index in [1.54, 1.807) is 7.11 Å². The van der Waals surface area contributed by atoms with Crippen molar-refractivity contribution in [3.63, 3.8) is 0 Å². The maximum Gasteiger partial charge on any atom is 0.321 e. The zero-order valence-corrected chi connectivity index (χ0v) is 14.9. The number of piperidine rings is 1. The van der Waals surface area contributed by atoms with Crippen LogP contribution in [0.5, 0.6) is 5.75 Å². The van der Waals surface area contributed by atoms with E-state index >= 15 is 0 Å². The van der Waals surface area contributed by atoms with Crippen LogP contribution in [0, 0.1) is 0 Å². The first-order valence-corrected chi connectivity index (χ1v) is 9.00. The van der Waals surface area contributed by atoms with Gasteiger partial charge in [-0.05, 0) is 54.7 Å². The SMILES string of the molecule is COc1ccc(NC(=O)N2CCC(c3c[nH]c4ccccc34)CC2)cc1. The van der Waals surface area contributed by atoms with Crippen molar-refractivity contribution in [2.45, 2.75) is 18.8 Å². The molecule has 0 unspecified atom stereocenters. The van der Waals surface area contributed by atoms with Gasteiger partial charge in [-0.15, -0.1) is 0 Å². The number of para-hydroxylation sites is 1. The van der Waals surface area contributed by atoms with Gasteiger partial charge in [0.25, 0.3) is 0 Å². The molecule has 0 spiro atoms. The molecule has 5 nitrogen and oxygen atoms in total. The van der Waals surface area contributed by atoms with Crippen molar-refractivity contribution in [1.82, 2.24) is 9.88 Å². The Morgan fingerprint density at radius 3 is 2.58 bits per heavy atom. The average Bonchev–Trinajstić information content (AvgIpc) is 3.13. The Bertz CT molecular complexity index is 893. The van der Waals surface area contributed by atoms with E-state index in [4.69, 9.17) is 4.74 Å². The third-order valence-electron chi connectivity index (χ3n) is 5.18. The number of aromatic nitrogens is 1. The van der Waals surface area contributed by atoms with Gasteiger partial charge in [0.2, 0.25) is 0 Å². The van der Waals surface area contributed by atoms with Gasteiger partial charge in [-0.25, -0.2) is 4.79 Å². The number of rotatable bonds is 3. The minimum absolute atomic E-state index is 0.0347. The summed E-state index contributed by atoms with van der Waals surface area (Å²) in [6, 6.07) is 15.8. The van der Waals surface area contributed by atoms with Crippen LogP contribution in [0.25, 0.3) is 10.9 Å². The predicted octanol–water partition coefficient (Wildman–Crippen LogP) is 4.59. The van der Waals surface area contributed by atoms with Crippen LogP contribution in [-0.4, -0.2) is 36.1 Å². The Morgan fingerprint density at radius 1 is 1.12 bits per heavy atom. The normalized spacial score (nSPS) is 15.2. The number of benzene rings is 2. The fourth-order valence-corrected chi connectivity index (χ4v) is 3.70. The zero-order chi connectivity index (χ0) is 17.9. The Kier molecular flexibility index (Phi) is 4.52. The van der Waals surface area contributed by atoms with E-state index in [-0.39, 0.29) is 6.03 Å². The van der Waals surface area contributed by atoms with E-state index in [2.05, 4.69) is 40.8 Å². The van der Waals surface area contributed by atoms with Gasteiger partial charge in [0.1, 0.15) is 5.75 Å². The maximum atomic E-state index is 12.5. The molecule has 2 aromatic carbocycles. The number of methoxy groups -OCH3 is 1. The number of hydrogen-bond donors (Lipinski definition) is 2. The molecule has 1 saturated heterocycles. The van der Waals surface area contributed by atoms with Crippen molar-refractivity contribution in [2.24, 2.45) is 0 Å². The quantitative estimate of drug-likeness (QED) is 0.727. The van der Waals surface area contributed by atoms with Crippen LogP contribution in [-0.2, 0) is 0 Å². The van der Waals surface area contributed by atoms with Gasteiger partial charge in [0.15, 0.2) is 0 Å². The molecule has 5 heteroatoms. The van der Waals surface area contributed by atoms with Crippen molar-refractivity contribution in [3.05, 3.63) is 60.3 Å². The second-order valence-electron chi connectivity index (χ2n) is 6.71. The van der Waals surface area contributed by atoms with Crippen LogP contribution in [0.2, 0.25) is 0 Å². The van der Waals surface area contributed by atoms with Crippen LogP contribution in [0.3, 0.4) is 0 Å². The number of urea groups is 1. The number of fused-ring (bicyclic) bond motifs is 1. The topological polar surface area (TPSA) is 57.4 Å². The molecule has 1 aliphatic heterocycles. The minimum Gasteiger partial charge on any atom is -0.497 e. The number of carbonyl (C=O) groups is 1. The molecule has 26 heavy (non-hydrogen) atoms. The molecule has 2 heterocycles. The van der Waals surface area contributed by atoms with Crippen LogP contribution in [0.15, 0.2) is 54.7 Å². The van der Waals surface area contributed by atoms with Crippen LogP contribution in [0.1, 0.15) is 24.3 Å². The first-order valence-electron chi connectivity index (χ1n) is 9.00. The summed E-state index contributed by atoms with van der Waals surface area (Å²) in [6.07, 6.45) is 4.10. The highest BCUT2D eigenvalue weighted by molar-refractivity contribution is 5.89. The largest absolute Gasteiger partial charge is 0.497 e. The van der Waals surface area contributed by atoms with Gasteiger partial charge in [-0.1, -0.05) is 18.2 Å². The van der Waals surface area contributed by atoms with Crippen molar-refractivity contribution in [2.75, 3.05) is 25.5 Å². The van der Waals surface area contributed by atoms with Crippen molar-refractivity contribution in [1.29, 1.82) is 0 Å². The Balaban J connectivity index is 1.37. The second kappa shape index (κ2) is 7.12. The molecule has 4 rings (SSSR count). The number of hydrogen-bond acceptors (Lipinski definition) is 2. The Labute approximate surface area is 153 Å². The molecule has 1 aliphatic rings. The summed E-state index contributed by atoms with van der Waals surface area (Å²) in [6.45, 7) is 1.54. The average molecular weight is 349 g/mol. The molecule has 2 N–H and O–H groups in total. The molecule has 134 valence electrons. The summed E-state index contributed by atoms with van der Waals surface area (Å²) >= 11 is 0. The summed E-state index contributed by atoms with van der Waals surface area (Å²) in [7, 11) is 1.63. The zero-order valence-electron chi connectivity index (χ0n) is 14.9. The van der Waals surface area contributed by atoms with Crippen LogP contribution >= 0.6 is 0 Å².